The number of hydrogen-bond acceptors (Lipinski definition) is 8. The molecule has 0 bridgehead atoms. The topological polar surface area (TPSA) is 140 Å². The highest BCUT2D eigenvalue weighted by Crippen LogP contribution is 2.39. The van der Waals surface area contributed by atoms with Crippen LogP contribution in [0, 0.1) is 21.4 Å². The van der Waals surface area contributed by atoms with Crippen molar-refractivity contribution in [3.63, 3.8) is 0 Å². The monoisotopic (exact) mass is 417 g/mol. The van der Waals surface area contributed by atoms with Crippen LogP contribution in [0.15, 0.2) is 17.7 Å². The highest BCUT2D eigenvalue weighted by molar-refractivity contribution is 6.01. The molecule has 0 atom stereocenters. The summed E-state index contributed by atoms with van der Waals surface area (Å²) in [4.78, 5) is 48.1. The number of carbonyl (C=O) groups excluding carboxylic acids is 3. The lowest BCUT2D eigenvalue weighted by molar-refractivity contribution is -0.385. The average Bonchev–Trinajstić information content (AvgIpc) is 2.73. The first-order chi connectivity index (χ1) is 14.2. The molecule has 1 amide bonds. The molecule has 0 aromatic heterocycles. The minimum atomic E-state index is -0.808. The Morgan fingerprint density at radius 1 is 1.10 bits per heavy atom. The van der Waals surface area contributed by atoms with E-state index in [-0.39, 0.29) is 29.7 Å². The van der Waals surface area contributed by atoms with Crippen LogP contribution in [-0.2, 0) is 14.4 Å². The van der Waals surface area contributed by atoms with Gasteiger partial charge in [-0.05, 0) is 31.6 Å². The summed E-state index contributed by atoms with van der Waals surface area (Å²) in [6, 6.07) is 4.02. The number of carbonyl (C=O) groups is 3. The number of likely N-dealkylation sites (N-methyl/N-ethyl adjacent to an activating group) is 1. The van der Waals surface area contributed by atoms with Gasteiger partial charge in [0, 0.05) is 32.0 Å². The Hall–Kier alpha value is -3.74. The number of benzene rings is 1. The zero-order chi connectivity index (χ0) is 22.8. The Morgan fingerprint density at radius 2 is 1.67 bits per heavy atom. The predicted molar refractivity (Wildman–Crippen MR) is 106 cm³/mol. The first-order valence-corrected chi connectivity index (χ1v) is 9.36. The number of nitro benzene ring substituents is 1. The minimum Gasteiger partial charge on any atom is -0.422 e. The van der Waals surface area contributed by atoms with Gasteiger partial charge in [-0.1, -0.05) is 13.8 Å². The lowest BCUT2D eigenvalue weighted by Crippen LogP contribution is -2.31. The van der Waals surface area contributed by atoms with Gasteiger partial charge in [0.1, 0.15) is 11.6 Å². The second kappa shape index (κ2) is 11.3. The number of ether oxygens (including phenoxy) is 2. The van der Waals surface area contributed by atoms with Crippen LogP contribution in [0.25, 0.3) is 6.08 Å². The summed E-state index contributed by atoms with van der Waals surface area (Å²) < 4.78 is 10.1. The zero-order valence-corrected chi connectivity index (χ0v) is 17.3. The third-order valence-corrected chi connectivity index (χ3v) is 3.98. The summed E-state index contributed by atoms with van der Waals surface area (Å²) in [6.07, 6.45) is 1.07. The van der Waals surface area contributed by atoms with Crippen molar-refractivity contribution < 1.29 is 28.8 Å². The number of nitro groups is 1. The molecule has 0 spiro atoms. The van der Waals surface area contributed by atoms with Gasteiger partial charge in [0.25, 0.3) is 11.7 Å². The summed E-state index contributed by atoms with van der Waals surface area (Å²) >= 11 is 0. The summed E-state index contributed by atoms with van der Waals surface area (Å²) in [7, 11) is 0. The van der Waals surface area contributed by atoms with E-state index in [4.69, 9.17) is 9.47 Å². The fraction of sp³-hybridized carbons (Fsp3) is 0.400. The smallest absolute Gasteiger partial charge is 0.316 e. The van der Waals surface area contributed by atoms with Crippen molar-refractivity contribution in [2.45, 2.75) is 40.5 Å². The Bertz CT molecular complexity index is 912. The van der Waals surface area contributed by atoms with Crippen molar-refractivity contribution in [1.82, 2.24) is 4.90 Å². The van der Waals surface area contributed by atoms with Crippen LogP contribution in [0.2, 0.25) is 0 Å². The molecule has 160 valence electrons. The first kappa shape index (κ1) is 24.3. The van der Waals surface area contributed by atoms with Crippen molar-refractivity contribution >= 4 is 29.6 Å². The third kappa shape index (κ3) is 6.13. The maximum atomic E-state index is 12.5. The Labute approximate surface area is 173 Å². The van der Waals surface area contributed by atoms with E-state index in [0.717, 1.165) is 12.1 Å². The molecule has 1 aromatic rings. The van der Waals surface area contributed by atoms with Crippen LogP contribution < -0.4 is 9.47 Å². The van der Waals surface area contributed by atoms with Crippen molar-refractivity contribution in [1.29, 1.82) is 5.26 Å². The maximum absolute atomic E-state index is 12.5. The lowest BCUT2D eigenvalue weighted by Gasteiger charge is -2.17. The zero-order valence-electron chi connectivity index (χ0n) is 17.3. The predicted octanol–water partition coefficient (Wildman–Crippen LogP) is 3.00. The largest absolute Gasteiger partial charge is 0.422 e. The first-order valence-electron chi connectivity index (χ1n) is 9.36. The number of esters is 2. The van der Waals surface area contributed by atoms with Crippen molar-refractivity contribution in [2.24, 2.45) is 0 Å². The summed E-state index contributed by atoms with van der Waals surface area (Å²) in [5, 5.41) is 20.9. The van der Waals surface area contributed by atoms with Gasteiger partial charge >= 0.3 is 17.6 Å². The molecule has 10 nitrogen and oxygen atoms in total. The molecule has 0 unspecified atom stereocenters. The van der Waals surface area contributed by atoms with Crippen LogP contribution in [0.4, 0.5) is 5.69 Å². The van der Waals surface area contributed by atoms with Crippen molar-refractivity contribution in [2.75, 3.05) is 13.1 Å². The molecule has 0 aliphatic carbocycles. The van der Waals surface area contributed by atoms with E-state index < -0.39 is 34.2 Å². The van der Waals surface area contributed by atoms with Gasteiger partial charge in [-0.15, -0.1) is 0 Å². The quantitative estimate of drug-likeness (QED) is 0.149. The molecule has 0 heterocycles. The van der Waals surface area contributed by atoms with Crippen LogP contribution in [-0.4, -0.2) is 40.8 Å². The van der Waals surface area contributed by atoms with Gasteiger partial charge in [-0.3, -0.25) is 24.5 Å². The molecule has 30 heavy (non-hydrogen) atoms. The molecular formula is C20H23N3O7. The van der Waals surface area contributed by atoms with Crippen molar-refractivity contribution in [3.8, 4) is 17.6 Å². The van der Waals surface area contributed by atoms with Crippen LogP contribution in [0.3, 0.4) is 0 Å². The maximum Gasteiger partial charge on any atom is 0.316 e. The molecule has 0 aliphatic heterocycles. The molecule has 0 N–H and O–H groups in total. The van der Waals surface area contributed by atoms with Gasteiger partial charge in [0.15, 0.2) is 5.75 Å². The van der Waals surface area contributed by atoms with Crippen LogP contribution in [0.5, 0.6) is 11.5 Å². The van der Waals surface area contributed by atoms with E-state index in [1.807, 2.05) is 0 Å². The van der Waals surface area contributed by atoms with E-state index in [2.05, 4.69) is 0 Å². The highest BCUT2D eigenvalue weighted by atomic mass is 16.6. The Morgan fingerprint density at radius 3 is 2.13 bits per heavy atom. The lowest BCUT2D eigenvalue weighted by atomic mass is 10.1. The number of rotatable bonds is 9. The van der Waals surface area contributed by atoms with Crippen LogP contribution >= 0.6 is 0 Å². The summed E-state index contributed by atoms with van der Waals surface area (Å²) in [5.74, 6) is -2.88. The standard InChI is InChI=1S/C20H23N3O7/c1-5-17(24)29-16-11-13(9-14(12-21)20(26)22(7-3)8-4)10-15(23(27)28)19(16)30-18(25)6-2/h9-11H,5-8H2,1-4H3/b14-9+. The molecule has 0 saturated heterocycles. The van der Waals surface area contributed by atoms with Gasteiger partial charge in [-0.25, -0.2) is 0 Å². The van der Waals surface area contributed by atoms with Gasteiger partial charge in [0.05, 0.1) is 4.92 Å². The van der Waals surface area contributed by atoms with Crippen LogP contribution in [0.1, 0.15) is 46.1 Å². The number of nitriles is 1. The summed E-state index contributed by atoms with van der Waals surface area (Å²) in [6.45, 7) is 7.27. The molecule has 0 saturated carbocycles. The van der Waals surface area contributed by atoms with E-state index in [9.17, 15) is 29.8 Å². The highest BCUT2D eigenvalue weighted by Gasteiger charge is 2.26. The second-order valence-electron chi connectivity index (χ2n) is 5.93. The fourth-order valence-electron chi connectivity index (χ4n) is 2.38. The number of amides is 1. The van der Waals surface area contributed by atoms with E-state index in [0.29, 0.717) is 13.1 Å². The molecule has 10 heteroatoms. The molecule has 0 aliphatic rings. The molecule has 0 fully saturated rings. The Kier molecular flexibility index (Phi) is 9.16. The average molecular weight is 417 g/mol. The molecular weight excluding hydrogens is 394 g/mol. The number of nitrogens with zero attached hydrogens (tertiary/aromatic N) is 3. The van der Waals surface area contributed by atoms with Gasteiger partial charge in [-0.2, -0.15) is 5.26 Å². The van der Waals surface area contributed by atoms with E-state index in [1.54, 1.807) is 19.9 Å². The van der Waals surface area contributed by atoms with Gasteiger partial charge in [0.2, 0.25) is 0 Å². The van der Waals surface area contributed by atoms with E-state index in [1.165, 1.54) is 24.8 Å². The normalized spacial score (nSPS) is 10.7. The van der Waals surface area contributed by atoms with E-state index >= 15 is 0 Å². The second-order valence-corrected chi connectivity index (χ2v) is 5.93. The summed E-state index contributed by atoms with van der Waals surface area (Å²) in [5.41, 5.74) is -0.829. The molecule has 1 aromatic carbocycles. The molecule has 0 radical (unpaired) electrons. The molecule has 1 rings (SSSR count). The number of hydrogen-bond donors (Lipinski definition) is 0. The van der Waals surface area contributed by atoms with Gasteiger partial charge < -0.3 is 14.4 Å². The third-order valence-electron chi connectivity index (χ3n) is 3.98. The SMILES string of the molecule is CCC(=O)Oc1cc(/C=C(\C#N)C(=O)N(CC)CC)cc([N+](=O)[O-])c1OC(=O)CC. The Balaban J connectivity index is 3.65. The minimum absolute atomic E-state index is 0.0288. The fourth-order valence-corrected chi connectivity index (χ4v) is 2.38. The van der Waals surface area contributed by atoms with Crippen molar-refractivity contribution in [3.05, 3.63) is 33.4 Å².